The first-order valence-corrected chi connectivity index (χ1v) is 24.8. The zero-order chi connectivity index (χ0) is 40.8. The van der Waals surface area contributed by atoms with Gasteiger partial charge in [0.15, 0.2) is 0 Å². The third kappa shape index (κ3) is 40.8. The number of aliphatic hydroxyl groups is 3. The Labute approximate surface area is 349 Å². The molecule has 3 atom stereocenters. The smallest absolute Gasteiger partial charge is 0.220 e. The van der Waals surface area contributed by atoms with Crippen LogP contribution in [0.2, 0.25) is 0 Å². The number of carbonyl (C=O) groups excluding carboxylic acids is 1. The fourth-order valence-corrected chi connectivity index (χ4v) is 7.61. The van der Waals surface area contributed by atoms with Gasteiger partial charge in [-0.05, 0) is 70.6 Å². The predicted octanol–water partition coefficient (Wildman–Crippen LogP) is 14.7. The number of unbranched alkanes of at least 4 members (excludes halogenated alkanes) is 31. The lowest BCUT2D eigenvalue weighted by molar-refractivity contribution is -0.124. The van der Waals surface area contributed by atoms with E-state index in [1.54, 1.807) is 0 Å². The minimum atomic E-state index is -1.16. The summed E-state index contributed by atoms with van der Waals surface area (Å²) >= 11 is 0. The third-order valence-electron chi connectivity index (χ3n) is 11.5. The molecule has 0 aliphatic carbocycles. The summed E-state index contributed by atoms with van der Waals surface area (Å²) < 4.78 is 0. The maximum absolute atomic E-state index is 12.5. The highest BCUT2D eigenvalue weighted by Crippen LogP contribution is 2.16. The van der Waals surface area contributed by atoms with E-state index in [-0.39, 0.29) is 12.5 Å². The monoisotopic (exact) mass is 788 g/mol. The quantitative estimate of drug-likeness (QED) is 0.0365. The van der Waals surface area contributed by atoms with E-state index < -0.39 is 18.2 Å². The minimum absolute atomic E-state index is 0.157. The molecule has 0 aromatic heterocycles. The number of allylic oxidation sites excluding steroid dienone is 6. The standard InChI is InChI=1S/C51H97NO4/c1-3-5-7-9-11-13-15-17-19-21-22-23-24-25-26-27-28-30-32-34-36-38-40-42-44-46-50(55)52-48(47-53)51(56)49(54)45-43-41-39-37-35-33-31-29-20-18-16-14-12-10-8-6-4-2/h22-23,25-26,37,39,48-49,51,53-54,56H,3-21,24,27-36,38,40-47H2,1-2H3,(H,52,55)/b23-22-,26-25-,39-37+. The molecule has 56 heavy (non-hydrogen) atoms. The molecule has 0 saturated heterocycles. The average Bonchev–Trinajstić information content (AvgIpc) is 3.20. The summed E-state index contributed by atoms with van der Waals surface area (Å²) in [6.07, 6.45) is 58.4. The first-order chi connectivity index (χ1) is 27.6. The van der Waals surface area contributed by atoms with Crippen molar-refractivity contribution in [3.63, 3.8) is 0 Å². The highest BCUT2D eigenvalue weighted by Gasteiger charge is 2.26. The SMILES string of the molecule is CCCCCCCCCCC/C=C\C/C=C\CCCCCCCCCCCC(=O)NC(CO)C(O)C(O)CCC/C=C/CCCCCCCCCCCCCC. The van der Waals surface area contributed by atoms with Gasteiger partial charge in [0.2, 0.25) is 5.91 Å². The Bertz CT molecular complexity index is 870. The van der Waals surface area contributed by atoms with Crippen molar-refractivity contribution >= 4 is 5.91 Å². The first kappa shape index (κ1) is 54.6. The largest absolute Gasteiger partial charge is 0.394 e. The van der Waals surface area contributed by atoms with Crippen LogP contribution in [0.15, 0.2) is 36.5 Å². The van der Waals surface area contributed by atoms with E-state index in [0.29, 0.717) is 12.8 Å². The molecule has 0 aromatic carbocycles. The summed E-state index contributed by atoms with van der Waals surface area (Å²) in [5.41, 5.74) is 0. The van der Waals surface area contributed by atoms with E-state index >= 15 is 0 Å². The van der Waals surface area contributed by atoms with E-state index in [1.807, 2.05) is 0 Å². The van der Waals surface area contributed by atoms with E-state index in [0.717, 1.165) is 44.9 Å². The molecule has 330 valence electrons. The van der Waals surface area contributed by atoms with Gasteiger partial charge in [-0.2, -0.15) is 0 Å². The second kappa shape index (κ2) is 46.3. The molecule has 0 heterocycles. The second-order valence-electron chi connectivity index (χ2n) is 17.0. The molecule has 0 aromatic rings. The van der Waals surface area contributed by atoms with Gasteiger partial charge in [0.1, 0.15) is 6.10 Å². The van der Waals surface area contributed by atoms with Crippen LogP contribution in [0.25, 0.3) is 0 Å². The number of hydrogen-bond donors (Lipinski definition) is 4. The van der Waals surface area contributed by atoms with Gasteiger partial charge in [-0.15, -0.1) is 0 Å². The third-order valence-corrected chi connectivity index (χ3v) is 11.5. The van der Waals surface area contributed by atoms with E-state index in [4.69, 9.17) is 0 Å². The summed E-state index contributed by atoms with van der Waals surface area (Å²) in [5.74, 6) is -0.157. The van der Waals surface area contributed by atoms with Gasteiger partial charge < -0.3 is 20.6 Å². The van der Waals surface area contributed by atoms with Crippen LogP contribution in [-0.4, -0.2) is 46.1 Å². The van der Waals surface area contributed by atoms with Gasteiger partial charge in [0, 0.05) is 6.42 Å². The maximum atomic E-state index is 12.5. The number of nitrogens with one attached hydrogen (secondary N) is 1. The summed E-state index contributed by atoms with van der Waals surface area (Å²) in [7, 11) is 0. The van der Waals surface area contributed by atoms with Gasteiger partial charge in [0.25, 0.3) is 0 Å². The van der Waals surface area contributed by atoms with Gasteiger partial charge >= 0.3 is 0 Å². The van der Waals surface area contributed by atoms with Crippen LogP contribution in [0.4, 0.5) is 0 Å². The lowest BCUT2D eigenvalue weighted by Gasteiger charge is -2.26. The molecule has 0 spiro atoms. The lowest BCUT2D eigenvalue weighted by Crippen LogP contribution is -2.50. The van der Waals surface area contributed by atoms with Gasteiger partial charge in [-0.3, -0.25) is 4.79 Å². The average molecular weight is 788 g/mol. The molecule has 5 heteroatoms. The molecule has 0 saturated carbocycles. The van der Waals surface area contributed by atoms with Crippen molar-refractivity contribution in [1.29, 1.82) is 0 Å². The fraction of sp³-hybridized carbons (Fsp3) is 0.863. The summed E-state index contributed by atoms with van der Waals surface area (Å²) in [6, 6.07) is -0.828. The molecule has 0 fully saturated rings. The van der Waals surface area contributed by atoms with Gasteiger partial charge in [-0.1, -0.05) is 217 Å². The van der Waals surface area contributed by atoms with Crippen molar-refractivity contribution in [1.82, 2.24) is 5.32 Å². The Morgan fingerprint density at radius 1 is 0.446 bits per heavy atom. The second-order valence-corrected chi connectivity index (χ2v) is 17.0. The van der Waals surface area contributed by atoms with Crippen LogP contribution in [0, 0.1) is 0 Å². The van der Waals surface area contributed by atoms with Crippen LogP contribution in [0.1, 0.15) is 258 Å². The fourth-order valence-electron chi connectivity index (χ4n) is 7.61. The number of hydrogen-bond acceptors (Lipinski definition) is 4. The zero-order valence-electron chi connectivity index (χ0n) is 37.5. The van der Waals surface area contributed by atoms with Crippen molar-refractivity contribution in [2.24, 2.45) is 0 Å². The number of carbonyl (C=O) groups is 1. The number of amides is 1. The predicted molar refractivity (Wildman–Crippen MR) is 245 cm³/mol. The van der Waals surface area contributed by atoms with Crippen LogP contribution in [0.5, 0.6) is 0 Å². The Morgan fingerprint density at radius 2 is 0.768 bits per heavy atom. The lowest BCUT2D eigenvalue weighted by atomic mass is 10.0. The molecule has 5 nitrogen and oxygen atoms in total. The Morgan fingerprint density at radius 3 is 1.14 bits per heavy atom. The maximum Gasteiger partial charge on any atom is 0.220 e. The highest BCUT2D eigenvalue weighted by molar-refractivity contribution is 5.76. The normalized spacial score (nSPS) is 13.7. The summed E-state index contributed by atoms with van der Waals surface area (Å²) in [5, 5.41) is 33.6. The van der Waals surface area contributed by atoms with Crippen molar-refractivity contribution in [2.45, 2.75) is 276 Å². The Balaban J connectivity index is 3.63. The molecule has 0 aliphatic rings. The topological polar surface area (TPSA) is 89.8 Å². The van der Waals surface area contributed by atoms with E-state index in [2.05, 4.69) is 55.6 Å². The summed E-state index contributed by atoms with van der Waals surface area (Å²) in [6.45, 7) is 4.18. The molecule has 0 radical (unpaired) electrons. The molecule has 3 unspecified atom stereocenters. The van der Waals surface area contributed by atoms with E-state index in [9.17, 15) is 20.1 Å². The molecular formula is C51H97NO4. The van der Waals surface area contributed by atoms with Crippen molar-refractivity contribution in [2.75, 3.05) is 6.61 Å². The molecule has 0 bridgehead atoms. The first-order valence-electron chi connectivity index (χ1n) is 24.8. The van der Waals surface area contributed by atoms with Crippen LogP contribution in [-0.2, 0) is 4.79 Å². The zero-order valence-corrected chi connectivity index (χ0v) is 37.5. The number of rotatable bonds is 45. The van der Waals surface area contributed by atoms with Crippen LogP contribution in [0.3, 0.4) is 0 Å². The summed E-state index contributed by atoms with van der Waals surface area (Å²) in [4.78, 5) is 12.5. The van der Waals surface area contributed by atoms with Crippen molar-refractivity contribution in [3.05, 3.63) is 36.5 Å². The van der Waals surface area contributed by atoms with Gasteiger partial charge in [0.05, 0.1) is 18.8 Å². The highest BCUT2D eigenvalue weighted by atomic mass is 16.3. The Hall–Kier alpha value is -1.43. The molecular weight excluding hydrogens is 691 g/mol. The minimum Gasteiger partial charge on any atom is -0.394 e. The Kier molecular flexibility index (Phi) is 45.1. The van der Waals surface area contributed by atoms with Gasteiger partial charge in [-0.25, -0.2) is 0 Å². The molecule has 1 amide bonds. The molecule has 0 rings (SSSR count). The molecule has 0 aliphatic heterocycles. The van der Waals surface area contributed by atoms with Crippen molar-refractivity contribution < 1.29 is 20.1 Å². The van der Waals surface area contributed by atoms with E-state index in [1.165, 1.54) is 186 Å². The molecule has 4 N–H and O–H groups in total. The van der Waals surface area contributed by atoms with Crippen LogP contribution < -0.4 is 5.32 Å². The number of aliphatic hydroxyl groups excluding tert-OH is 3. The van der Waals surface area contributed by atoms with Crippen LogP contribution >= 0.6 is 0 Å². The van der Waals surface area contributed by atoms with Crippen molar-refractivity contribution in [3.8, 4) is 0 Å².